The van der Waals surface area contributed by atoms with E-state index in [2.05, 4.69) is 5.32 Å². The maximum atomic E-state index is 13.7. The fourth-order valence-electron chi connectivity index (χ4n) is 4.16. The number of sulfone groups is 1. The van der Waals surface area contributed by atoms with Gasteiger partial charge in [-0.2, -0.15) is 26.3 Å². The van der Waals surface area contributed by atoms with Crippen LogP contribution in [0.25, 0.3) is 0 Å². The number of rotatable bonds is 5. The van der Waals surface area contributed by atoms with E-state index in [1.807, 2.05) is 0 Å². The molecule has 1 heterocycles. The van der Waals surface area contributed by atoms with E-state index in [1.54, 1.807) is 13.0 Å². The van der Waals surface area contributed by atoms with E-state index in [1.165, 1.54) is 29.2 Å². The van der Waals surface area contributed by atoms with Gasteiger partial charge in [0.15, 0.2) is 9.84 Å². The SMILES string of the molecule is CCNC(=O)N1CCC(c2ccc(C(O)(C(F)(F)F)C(F)(F)F)cc2)(S(=O)(=O)c2ccccc2)C1. The van der Waals surface area contributed by atoms with Crippen molar-refractivity contribution in [1.29, 1.82) is 0 Å². The van der Waals surface area contributed by atoms with E-state index in [-0.39, 0.29) is 36.5 Å². The molecule has 1 atom stereocenters. The van der Waals surface area contributed by atoms with E-state index in [9.17, 15) is 44.7 Å². The molecule has 0 saturated carbocycles. The van der Waals surface area contributed by atoms with Gasteiger partial charge in [-0.05, 0) is 31.0 Å². The second kappa shape index (κ2) is 9.01. The van der Waals surface area contributed by atoms with Crippen LogP contribution in [0.2, 0.25) is 0 Å². The lowest BCUT2D eigenvalue weighted by atomic mass is 9.89. The molecule has 0 radical (unpaired) electrons. The number of hydrogen-bond donors (Lipinski definition) is 2. The molecule has 35 heavy (non-hydrogen) atoms. The Morgan fingerprint density at radius 2 is 1.54 bits per heavy atom. The van der Waals surface area contributed by atoms with Crippen LogP contribution in [0.3, 0.4) is 0 Å². The molecule has 6 nitrogen and oxygen atoms in total. The predicted octanol–water partition coefficient (Wildman–Crippen LogP) is 4.10. The molecule has 2 amide bonds. The highest BCUT2D eigenvalue weighted by Crippen LogP contribution is 2.51. The number of aliphatic hydroxyl groups is 1. The highest BCUT2D eigenvalue weighted by atomic mass is 32.2. The van der Waals surface area contributed by atoms with E-state index < -0.39 is 44.1 Å². The monoisotopic (exact) mass is 524 g/mol. The van der Waals surface area contributed by atoms with Crippen LogP contribution in [0.15, 0.2) is 59.5 Å². The third-order valence-electron chi connectivity index (χ3n) is 6.06. The first-order chi connectivity index (χ1) is 16.1. The third kappa shape index (κ3) is 4.35. The van der Waals surface area contributed by atoms with Crippen LogP contribution in [0, 0.1) is 0 Å². The Morgan fingerprint density at radius 3 is 2.03 bits per heavy atom. The second-order valence-electron chi connectivity index (χ2n) is 8.10. The summed E-state index contributed by atoms with van der Waals surface area (Å²) < 4.78 is 105. The van der Waals surface area contributed by atoms with Gasteiger partial charge in [-0.3, -0.25) is 0 Å². The van der Waals surface area contributed by atoms with Gasteiger partial charge in [0.1, 0.15) is 4.75 Å². The summed E-state index contributed by atoms with van der Waals surface area (Å²) >= 11 is 0. The van der Waals surface area contributed by atoms with Crippen LogP contribution >= 0.6 is 0 Å². The summed E-state index contributed by atoms with van der Waals surface area (Å²) in [7, 11) is -4.27. The van der Waals surface area contributed by atoms with E-state index in [0.717, 1.165) is 12.1 Å². The zero-order valence-electron chi connectivity index (χ0n) is 18.3. The summed E-state index contributed by atoms with van der Waals surface area (Å²) in [6.45, 7) is 1.52. The highest BCUT2D eigenvalue weighted by molar-refractivity contribution is 7.92. The molecular weight excluding hydrogens is 502 g/mol. The number of alkyl halides is 6. The number of hydrogen-bond acceptors (Lipinski definition) is 4. The zero-order valence-corrected chi connectivity index (χ0v) is 19.1. The average molecular weight is 524 g/mol. The first kappa shape index (κ1) is 26.8. The molecule has 0 aliphatic carbocycles. The van der Waals surface area contributed by atoms with Gasteiger partial charge in [0, 0.05) is 25.2 Å². The van der Waals surface area contributed by atoms with Crippen LogP contribution in [0.1, 0.15) is 24.5 Å². The molecule has 2 aromatic carbocycles. The number of likely N-dealkylation sites (tertiary alicyclic amines) is 1. The number of urea groups is 1. The van der Waals surface area contributed by atoms with Gasteiger partial charge in [0.05, 0.1) is 4.90 Å². The number of halogens is 6. The smallest absolute Gasteiger partial charge is 0.369 e. The number of amides is 2. The summed E-state index contributed by atoms with van der Waals surface area (Å²) in [5, 5.41) is 12.2. The summed E-state index contributed by atoms with van der Waals surface area (Å²) in [5.74, 6) is 0. The second-order valence-corrected chi connectivity index (χ2v) is 10.4. The fourth-order valence-corrected chi connectivity index (χ4v) is 6.26. The van der Waals surface area contributed by atoms with Gasteiger partial charge in [-0.25, -0.2) is 13.2 Å². The van der Waals surface area contributed by atoms with Crippen molar-refractivity contribution in [1.82, 2.24) is 10.2 Å². The normalized spacial score (nSPS) is 19.6. The van der Waals surface area contributed by atoms with Crippen molar-refractivity contribution < 1.29 is 44.7 Å². The van der Waals surface area contributed by atoms with Gasteiger partial charge in [-0.15, -0.1) is 0 Å². The average Bonchev–Trinajstić information content (AvgIpc) is 3.25. The Labute approximate surface area is 197 Å². The maximum Gasteiger partial charge on any atom is 0.430 e. The van der Waals surface area contributed by atoms with Gasteiger partial charge in [0.2, 0.25) is 0 Å². The molecule has 13 heteroatoms. The molecule has 2 aromatic rings. The Kier molecular flexibility index (Phi) is 6.90. The minimum absolute atomic E-state index is 0.0192. The van der Waals surface area contributed by atoms with E-state index in [4.69, 9.17) is 0 Å². The van der Waals surface area contributed by atoms with Crippen molar-refractivity contribution in [2.45, 2.75) is 40.9 Å². The third-order valence-corrected chi connectivity index (χ3v) is 8.55. The zero-order chi connectivity index (χ0) is 26.3. The Morgan fingerprint density at radius 1 is 1.00 bits per heavy atom. The molecule has 1 fully saturated rings. The molecule has 1 unspecified atom stereocenters. The molecule has 0 spiro atoms. The first-order valence-corrected chi connectivity index (χ1v) is 11.9. The minimum Gasteiger partial charge on any atom is -0.369 e. The van der Waals surface area contributed by atoms with Crippen LogP contribution in [-0.2, 0) is 20.2 Å². The molecule has 3 rings (SSSR count). The number of nitrogens with zero attached hydrogens (tertiary/aromatic N) is 1. The summed E-state index contributed by atoms with van der Waals surface area (Å²) in [6, 6.07) is 9.03. The van der Waals surface area contributed by atoms with Gasteiger partial charge in [0.25, 0.3) is 5.60 Å². The van der Waals surface area contributed by atoms with Gasteiger partial charge >= 0.3 is 18.4 Å². The lowest BCUT2D eigenvalue weighted by Gasteiger charge is -2.34. The number of carbonyl (C=O) groups excluding carboxylic acids is 1. The van der Waals surface area contributed by atoms with Crippen LogP contribution in [0.5, 0.6) is 0 Å². The number of nitrogens with one attached hydrogen (secondary N) is 1. The predicted molar refractivity (Wildman–Crippen MR) is 113 cm³/mol. The van der Waals surface area contributed by atoms with Crippen LogP contribution in [-0.4, -0.2) is 56.4 Å². The van der Waals surface area contributed by atoms with Crippen molar-refractivity contribution in [2.75, 3.05) is 19.6 Å². The number of benzene rings is 2. The van der Waals surface area contributed by atoms with Crippen LogP contribution < -0.4 is 5.32 Å². The Balaban J connectivity index is 2.15. The molecule has 1 aliphatic rings. The van der Waals surface area contributed by atoms with Crippen molar-refractivity contribution in [2.24, 2.45) is 0 Å². The molecule has 0 aromatic heterocycles. The van der Waals surface area contributed by atoms with E-state index >= 15 is 0 Å². The quantitative estimate of drug-likeness (QED) is 0.577. The minimum atomic E-state index is -6.08. The lowest BCUT2D eigenvalue weighted by molar-refractivity contribution is -0.376. The van der Waals surface area contributed by atoms with Gasteiger partial charge < -0.3 is 15.3 Å². The molecular formula is C22H22F6N2O4S. The molecule has 2 N–H and O–H groups in total. The standard InChI is InChI=1S/C22H22F6N2O4S/c1-2-29-18(31)30-13-12-19(14-30,35(33,34)17-6-4-3-5-7-17)15-8-10-16(11-9-15)20(32,21(23,24)25)22(26,27)28/h3-11,32H,2,12-14H2,1H3,(H,29,31). The van der Waals surface area contributed by atoms with Crippen molar-refractivity contribution in [3.8, 4) is 0 Å². The molecule has 1 aliphatic heterocycles. The Bertz CT molecular complexity index is 1150. The highest BCUT2D eigenvalue weighted by Gasteiger charge is 2.71. The van der Waals surface area contributed by atoms with Gasteiger partial charge in [-0.1, -0.05) is 42.5 Å². The molecule has 1 saturated heterocycles. The fraction of sp³-hybridized carbons (Fsp3) is 0.409. The molecule has 0 bridgehead atoms. The Hall–Kier alpha value is -2.80. The topological polar surface area (TPSA) is 86.7 Å². The summed E-state index contributed by atoms with van der Waals surface area (Å²) in [6.07, 6.45) is -12.3. The largest absolute Gasteiger partial charge is 0.430 e. The van der Waals surface area contributed by atoms with Crippen molar-refractivity contribution >= 4 is 15.9 Å². The maximum absolute atomic E-state index is 13.7. The first-order valence-electron chi connectivity index (χ1n) is 10.4. The van der Waals surface area contributed by atoms with E-state index in [0.29, 0.717) is 12.1 Å². The van der Waals surface area contributed by atoms with Crippen LogP contribution in [0.4, 0.5) is 31.1 Å². The van der Waals surface area contributed by atoms with Crippen molar-refractivity contribution in [3.05, 3.63) is 65.7 Å². The summed E-state index contributed by atoms with van der Waals surface area (Å²) in [5.41, 5.74) is -6.76. The number of carbonyl (C=O) groups is 1. The lowest BCUT2D eigenvalue weighted by Crippen LogP contribution is -2.54. The summed E-state index contributed by atoms with van der Waals surface area (Å²) in [4.78, 5) is 13.5. The van der Waals surface area contributed by atoms with Crippen molar-refractivity contribution in [3.63, 3.8) is 0 Å². The molecule has 192 valence electrons.